The van der Waals surface area contributed by atoms with E-state index in [9.17, 15) is 0 Å². The van der Waals surface area contributed by atoms with E-state index in [-0.39, 0.29) is 0 Å². The summed E-state index contributed by atoms with van der Waals surface area (Å²) in [5, 5.41) is 1.15. The number of allylic oxidation sites excluding steroid dienone is 3. The largest absolute Gasteiger partial charge is 0.494 e. The summed E-state index contributed by atoms with van der Waals surface area (Å²) in [6.45, 7) is 2.66. The molecule has 0 heterocycles. The van der Waals surface area contributed by atoms with E-state index < -0.39 is 0 Å². The molecule has 89 valence electrons. The summed E-state index contributed by atoms with van der Waals surface area (Å²) in [7, 11) is 0. The summed E-state index contributed by atoms with van der Waals surface area (Å²) in [6, 6.07) is 5.65. The fourth-order valence-electron chi connectivity index (χ4n) is 1.72. The fourth-order valence-corrected chi connectivity index (χ4v) is 2.02. The number of rotatable bonds is 3. The molecule has 1 radical (unpaired) electrons. The van der Waals surface area contributed by atoms with Crippen molar-refractivity contribution in [3.8, 4) is 0 Å². The Labute approximate surface area is 112 Å². The van der Waals surface area contributed by atoms with Crippen molar-refractivity contribution in [2.45, 2.75) is 13.3 Å². The van der Waals surface area contributed by atoms with E-state index in [4.69, 9.17) is 27.9 Å². The summed E-state index contributed by atoms with van der Waals surface area (Å²) in [5.74, 6) is 0.913. The zero-order valence-electron chi connectivity index (χ0n) is 9.54. The molecule has 2 rings (SSSR count). The maximum atomic E-state index is 6.01. The Morgan fingerprint density at radius 2 is 2.06 bits per heavy atom. The Morgan fingerprint density at radius 3 is 2.76 bits per heavy atom. The monoisotopic (exact) mass is 267 g/mol. The molecule has 0 unspecified atom stereocenters. The maximum absolute atomic E-state index is 6.01. The summed E-state index contributed by atoms with van der Waals surface area (Å²) in [6.07, 6.45) is 7.10. The van der Waals surface area contributed by atoms with Crippen LogP contribution in [0.3, 0.4) is 0 Å². The van der Waals surface area contributed by atoms with Crippen molar-refractivity contribution >= 4 is 28.8 Å². The van der Waals surface area contributed by atoms with Crippen LogP contribution in [-0.4, -0.2) is 6.61 Å². The van der Waals surface area contributed by atoms with Crippen LogP contribution in [0.2, 0.25) is 10.0 Å². The Bertz CT molecular complexity index is 475. The molecule has 0 saturated carbocycles. The van der Waals surface area contributed by atoms with Gasteiger partial charge in [-0.1, -0.05) is 29.3 Å². The molecule has 0 bridgehead atoms. The van der Waals surface area contributed by atoms with Gasteiger partial charge in [0.15, 0.2) is 0 Å². The van der Waals surface area contributed by atoms with Crippen LogP contribution in [0.4, 0.5) is 0 Å². The highest BCUT2D eigenvalue weighted by Gasteiger charge is 2.10. The Kier molecular flexibility index (Phi) is 4.14. The predicted octanol–water partition coefficient (Wildman–Crippen LogP) is 4.91. The van der Waals surface area contributed by atoms with Gasteiger partial charge in [-0.25, -0.2) is 0 Å². The molecule has 0 N–H and O–H groups in total. The summed E-state index contributed by atoms with van der Waals surface area (Å²) in [5.41, 5.74) is 2.18. The molecule has 0 fully saturated rings. The number of benzene rings is 1. The quantitative estimate of drug-likeness (QED) is 0.757. The number of hydrogen-bond acceptors (Lipinski definition) is 1. The first kappa shape index (κ1) is 12.5. The van der Waals surface area contributed by atoms with Crippen LogP contribution < -0.4 is 0 Å². The molecular formula is C14H13Cl2O. The van der Waals surface area contributed by atoms with E-state index in [0.717, 1.165) is 23.3 Å². The highest BCUT2D eigenvalue weighted by molar-refractivity contribution is 6.42. The van der Waals surface area contributed by atoms with Crippen LogP contribution in [0.5, 0.6) is 0 Å². The summed E-state index contributed by atoms with van der Waals surface area (Å²) in [4.78, 5) is 0. The summed E-state index contributed by atoms with van der Waals surface area (Å²) >= 11 is 11.9. The van der Waals surface area contributed by atoms with Crippen LogP contribution >= 0.6 is 23.2 Å². The molecule has 0 spiro atoms. The molecule has 1 aromatic rings. The zero-order chi connectivity index (χ0) is 12.3. The van der Waals surface area contributed by atoms with Crippen molar-refractivity contribution in [2.24, 2.45) is 0 Å². The first-order valence-corrected chi connectivity index (χ1v) is 6.29. The smallest absolute Gasteiger partial charge is 0.115 e. The lowest BCUT2D eigenvalue weighted by molar-refractivity contribution is 0.241. The normalized spacial score (nSPS) is 15.2. The van der Waals surface area contributed by atoms with Crippen LogP contribution in [0, 0.1) is 6.42 Å². The van der Waals surface area contributed by atoms with Gasteiger partial charge in [0.2, 0.25) is 0 Å². The van der Waals surface area contributed by atoms with Gasteiger partial charge in [0, 0.05) is 0 Å². The Morgan fingerprint density at radius 1 is 1.24 bits per heavy atom. The third-order valence-electron chi connectivity index (χ3n) is 2.52. The Balaban J connectivity index is 2.27. The minimum Gasteiger partial charge on any atom is -0.494 e. The maximum Gasteiger partial charge on any atom is 0.115 e. The molecule has 0 aromatic heterocycles. The van der Waals surface area contributed by atoms with Gasteiger partial charge in [-0.3, -0.25) is 0 Å². The van der Waals surface area contributed by atoms with E-state index in [0.29, 0.717) is 16.7 Å². The van der Waals surface area contributed by atoms with Crippen LogP contribution in [0.25, 0.3) is 5.57 Å². The van der Waals surface area contributed by atoms with Crippen molar-refractivity contribution in [3.63, 3.8) is 0 Å². The van der Waals surface area contributed by atoms with Gasteiger partial charge in [0.1, 0.15) is 5.76 Å². The van der Waals surface area contributed by atoms with Crippen molar-refractivity contribution in [1.29, 1.82) is 0 Å². The molecule has 17 heavy (non-hydrogen) atoms. The third kappa shape index (κ3) is 3.05. The first-order chi connectivity index (χ1) is 8.20. The average molecular weight is 268 g/mol. The molecule has 0 atom stereocenters. The summed E-state index contributed by atoms with van der Waals surface area (Å²) < 4.78 is 5.49. The second-order valence-electron chi connectivity index (χ2n) is 3.71. The lowest BCUT2D eigenvalue weighted by Gasteiger charge is -2.14. The Hall–Kier alpha value is -0.920. The number of hydrogen-bond donors (Lipinski definition) is 0. The molecule has 0 amide bonds. The third-order valence-corrected chi connectivity index (χ3v) is 3.26. The topological polar surface area (TPSA) is 9.23 Å². The van der Waals surface area contributed by atoms with Gasteiger partial charge in [-0.2, -0.15) is 0 Å². The van der Waals surface area contributed by atoms with Crippen molar-refractivity contribution in [3.05, 3.63) is 58.1 Å². The van der Waals surface area contributed by atoms with Gasteiger partial charge in [-0.15, -0.1) is 0 Å². The van der Waals surface area contributed by atoms with Gasteiger partial charge >= 0.3 is 0 Å². The minimum absolute atomic E-state index is 0.575. The van der Waals surface area contributed by atoms with Gasteiger partial charge in [0.05, 0.1) is 16.7 Å². The second kappa shape index (κ2) is 5.61. The van der Waals surface area contributed by atoms with E-state index in [1.165, 1.54) is 0 Å². The molecular weight excluding hydrogens is 255 g/mol. The van der Waals surface area contributed by atoms with Crippen molar-refractivity contribution in [1.82, 2.24) is 0 Å². The molecule has 0 aliphatic heterocycles. The highest BCUT2D eigenvalue weighted by atomic mass is 35.5. The van der Waals surface area contributed by atoms with Crippen LogP contribution in [0.15, 0.2) is 36.1 Å². The van der Waals surface area contributed by atoms with E-state index in [1.54, 1.807) is 0 Å². The average Bonchev–Trinajstić information content (AvgIpc) is 2.33. The molecule has 3 heteroatoms. The van der Waals surface area contributed by atoms with Crippen LogP contribution in [-0.2, 0) is 4.74 Å². The van der Waals surface area contributed by atoms with E-state index >= 15 is 0 Å². The molecule has 1 aliphatic carbocycles. The fraction of sp³-hybridized carbons (Fsp3) is 0.214. The minimum atomic E-state index is 0.575. The van der Waals surface area contributed by atoms with E-state index in [2.05, 4.69) is 12.5 Å². The van der Waals surface area contributed by atoms with Crippen LogP contribution in [0.1, 0.15) is 18.9 Å². The van der Waals surface area contributed by atoms with Crippen molar-refractivity contribution < 1.29 is 4.74 Å². The lowest BCUT2D eigenvalue weighted by Crippen LogP contribution is -1.97. The molecule has 1 aromatic carbocycles. The van der Waals surface area contributed by atoms with E-state index in [1.807, 2.05) is 31.2 Å². The molecule has 0 saturated heterocycles. The predicted molar refractivity (Wildman–Crippen MR) is 73.1 cm³/mol. The zero-order valence-corrected chi connectivity index (χ0v) is 11.1. The first-order valence-electron chi connectivity index (χ1n) is 5.54. The highest BCUT2D eigenvalue weighted by Crippen LogP contribution is 2.30. The SMILES string of the molecule is CCOC1=CC[CH]C(c2ccc(Cl)c(Cl)c2)=C1. The molecule has 1 aliphatic rings. The van der Waals surface area contributed by atoms with Gasteiger partial charge in [-0.05, 0) is 55.2 Å². The van der Waals surface area contributed by atoms with Crippen molar-refractivity contribution in [2.75, 3.05) is 6.61 Å². The lowest BCUT2D eigenvalue weighted by atomic mass is 9.97. The standard InChI is InChI=1S/C14H13Cl2O/c1-2-17-12-5-3-4-10(8-12)11-6-7-13(15)14(16)9-11/h4-9H,2-3H2,1H3. The number of halogens is 2. The molecule has 1 nitrogen and oxygen atoms in total. The second-order valence-corrected chi connectivity index (χ2v) is 4.52. The van der Waals surface area contributed by atoms with Gasteiger partial charge in [0.25, 0.3) is 0 Å². The van der Waals surface area contributed by atoms with Gasteiger partial charge < -0.3 is 4.74 Å². The number of ether oxygens (including phenoxy) is 1.